The maximum absolute atomic E-state index is 8.66. The van der Waals surface area contributed by atoms with Crippen molar-refractivity contribution in [3.63, 3.8) is 0 Å². The third kappa shape index (κ3) is 537. The van der Waals surface area contributed by atoms with Gasteiger partial charge in [-0.1, -0.05) is 0 Å². The normalized spacial score (nSPS) is 9.29. The summed E-state index contributed by atoms with van der Waals surface area (Å²) in [7, 11) is -5.14. The van der Waals surface area contributed by atoms with Crippen LogP contribution in [0.3, 0.4) is 0 Å². The summed E-state index contributed by atoms with van der Waals surface area (Å²) >= 11 is 1.06. The second kappa shape index (κ2) is 4.65. The van der Waals surface area contributed by atoms with E-state index in [1.54, 1.807) is 0 Å². The molecule has 0 spiro atoms. The van der Waals surface area contributed by atoms with Crippen LogP contribution in [0.5, 0.6) is 0 Å². The molecule has 0 rings (SSSR count). The number of hydrogen-bond donors (Lipinski definition) is 1. The van der Waals surface area contributed by atoms with Gasteiger partial charge in [0.1, 0.15) is 0 Å². The van der Waals surface area contributed by atoms with Gasteiger partial charge < -0.3 is 19.2 Å². The summed E-state index contributed by atoms with van der Waals surface area (Å²) in [5, 5.41) is 0. The predicted molar refractivity (Wildman–Crippen MR) is 11.6 cm³/mol. The quantitative estimate of drug-likeness (QED) is 0.409. The van der Waals surface area contributed by atoms with Crippen molar-refractivity contribution in [1.82, 2.24) is 0 Å². The Balaban J connectivity index is -0.0000000750. The zero-order chi connectivity index (χ0) is 6.50. The van der Waals surface area contributed by atoms with Crippen LogP contribution in [0.1, 0.15) is 1.43 Å². The van der Waals surface area contributed by atoms with Crippen LogP contribution in [0.15, 0.2) is 0 Å². The minimum atomic E-state index is -5.14. The van der Waals surface area contributed by atoms with E-state index in [0.29, 0.717) is 0 Å². The monoisotopic (exact) mass is 164 g/mol. The summed E-state index contributed by atoms with van der Waals surface area (Å²) < 4.78 is 16.8. The van der Waals surface area contributed by atoms with Gasteiger partial charge in [0.05, 0.1) is 7.82 Å². The molecule has 0 unspecified atom stereocenters. The van der Waals surface area contributed by atoms with Crippen LogP contribution >= 0.6 is 7.82 Å². The SMILES string of the molecule is O=P([O-])([O-])O.[H+].[O]=[V+2]. The Morgan fingerprint density at radius 1 is 1.57 bits per heavy atom. The average Bonchev–Trinajstić information content (AvgIpc) is 1.36. The summed E-state index contributed by atoms with van der Waals surface area (Å²) in [6, 6.07) is 0. The van der Waals surface area contributed by atoms with E-state index in [-0.39, 0.29) is 1.43 Å². The van der Waals surface area contributed by atoms with Crippen LogP contribution in [0.4, 0.5) is 0 Å². The zero-order valence-electron chi connectivity index (χ0n) is 3.97. The van der Waals surface area contributed by atoms with Crippen LogP contribution < -0.4 is 9.79 Å². The second-order valence-electron chi connectivity index (χ2n) is 0.469. The Morgan fingerprint density at radius 3 is 1.57 bits per heavy atom. The zero-order valence-corrected chi connectivity index (χ0v) is 5.27. The van der Waals surface area contributed by atoms with Crippen molar-refractivity contribution in [1.29, 1.82) is 0 Å². The van der Waals surface area contributed by atoms with Gasteiger partial charge in [-0.15, -0.1) is 0 Å². The summed E-state index contributed by atoms with van der Waals surface area (Å²) in [6.45, 7) is 0. The van der Waals surface area contributed by atoms with Crippen molar-refractivity contribution < 1.29 is 41.7 Å². The molecule has 0 aromatic rings. The maximum atomic E-state index is 8.66. The third-order valence-corrected chi connectivity index (χ3v) is 0. The van der Waals surface area contributed by atoms with Crippen LogP contribution in [0.25, 0.3) is 0 Å². The molecule has 0 amide bonds. The fourth-order valence-electron chi connectivity index (χ4n) is 0. The number of phosphoric acid groups is 1. The van der Waals surface area contributed by atoms with Gasteiger partial charge in [0.2, 0.25) is 0 Å². The van der Waals surface area contributed by atoms with E-state index in [1.807, 2.05) is 0 Å². The van der Waals surface area contributed by atoms with E-state index in [0.717, 1.165) is 17.4 Å². The minimum absolute atomic E-state index is 0. The van der Waals surface area contributed by atoms with E-state index < -0.39 is 7.82 Å². The topological polar surface area (TPSA) is 100 Å². The summed E-state index contributed by atoms with van der Waals surface area (Å²) in [5.74, 6) is 0. The molecule has 41 valence electrons. The second-order valence-corrected chi connectivity index (χ2v) is 1.41. The molecule has 0 radical (unpaired) electrons. The molecule has 5 nitrogen and oxygen atoms in total. The molecule has 0 saturated heterocycles. The molecular weight excluding hydrogens is 162 g/mol. The van der Waals surface area contributed by atoms with E-state index in [9.17, 15) is 0 Å². The molecule has 0 saturated carbocycles. The molecule has 0 aromatic heterocycles. The summed E-state index contributed by atoms with van der Waals surface area (Å²) in [5.41, 5.74) is 0. The van der Waals surface area contributed by atoms with Crippen LogP contribution in [-0.2, 0) is 25.6 Å². The number of hydrogen-bond acceptors (Lipinski definition) is 4. The molecule has 0 heterocycles. The first-order valence-corrected chi connectivity index (χ1v) is 3.00. The van der Waals surface area contributed by atoms with E-state index in [4.69, 9.17) is 22.9 Å². The molecule has 0 atom stereocenters. The molecule has 7 heavy (non-hydrogen) atoms. The van der Waals surface area contributed by atoms with Gasteiger partial charge in [-0.05, 0) is 0 Å². The third-order valence-electron chi connectivity index (χ3n) is 0. The average molecular weight is 164 g/mol. The van der Waals surface area contributed by atoms with Gasteiger partial charge >= 0.3 is 22.5 Å². The van der Waals surface area contributed by atoms with Gasteiger partial charge in [0.15, 0.2) is 0 Å². The van der Waals surface area contributed by atoms with Crippen molar-refractivity contribution in [2.75, 3.05) is 0 Å². The first-order chi connectivity index (χ1) is 3.00. The van der Waals surface area contributed by atoms with Crippen molar-refractivity contribution in [2.24, 2.45) is 0 Å². The predicted octanol–water partition coefficient (Wildman–Crippen LogP) is -2.20. The Kier molecular flexibility index (Phi) is 6.95. The van der Waals surface area contributed by atoms with Crippen LogP contribution in [-0.4, -0.2) is 4.89 Å². The molecule has 0 aromatic carbocycles. The summed E-state index contributed by atoms with van der Waals surface area (Å²) in [4.78, 5) is 24.3. The van der Waals surface area contributed by atoms with Gasteiger partial charge in [-0.3, -0.25) is 0 Å². The Morgan fingerprint density at radius 2 is 1.57 bits per heavy atom. The Hall–Kier alpha value is 0.494. The molecule has 0 fully saturated rings. The molecule has 1 N–H and O–H groups in total. The standard InChI is InChI=1S/H3O4P.O.V/c1-5(2,3)4;;/h(H3,1,2,3,4);;/q;;+2/p-1. The van der Waals surface area contributed by atoms with Gasteiger partial charge in [-0.25, -0.2) is 0 Å². The molecule has 0 aliphatic carbocycles. The van der Waals surface area contributed by atoms with Gasteiger partial charge in [0, 0.05) is 0 Å². The van der Waals surface area contributed by atoms with Crippen molar-refractivity contribution in [3.05, 3.63) is 0 Å². The molecule has 0 bridgehead atoms. The molecule has 0 aliphatic rings. The number of rotatable bonds is 0. The first-order valence-electron chi connectivity index (χ1n) is 0.930. The molecular formula is H2O5PV+. The van der Waals surface area contributed by atoms with E-state index in [1.165, 1.54) is 0 Å². The Bertz CT molecular complexity index is 68.2. The van der Waals surface area contributed by atoms with Crippen molar-refractivity contribution >= 4 is 7.82 Å². The Labute approximate surface area is 50.3 Å². The molecule has 7 heteroatoms. The fourth-order valence-corrected chi connectivity index (χ4v) is 0. The molecule has 0 aliphatic heterocycles. The first kappa shape index (κ1) is 10.5. The van der Waals surface area contributed by atoms with E-state index >= 15 is 0 Å². The van der Waals surface area contributed by atoms with Gasteiger partial charge in [-0.2, -0.15) is 0 Å². The van der Waals surface area contributed by atoms with Crippen LogP contribution in [0.2, 0.25) is 0 Å². The summed E-state index contributed by atoms with van der Waals surface area (Å²) in [6.07, 6.45) is 0. The van der Waals surface area contributed by atoms with Crippen molar-refractivity contribution in [3.8, 4) is 0 Å². The van der Waals surface area contributed by atoms with E-state index in [2.05, 4.69) is 0 Å². The van der Waals surface area contributed by atoms with Crippen molar-refractivity contribution in [2.45, 2.75) is 0 Å². The van der Waals surface area contributed by atoms with Gasteiger partial charge in [0.25, 0.3) is 0 Å². The fraction of sp³-hybridized carbons (Fsp3) is 0. The van der Waals surface area contributed by atoms with Crippen LogP contribution in [0, 0.1) is 0 Å².